The molecule has 4 nitrogen and oxygen atoms in total. The topological polar surface area (TPSA) is 72.2 Å². The summed E-state index contributed by atoms with van der Waals surface area (Å²) in [4.78, 5) is 0.328. The van der Waals surface area contributed by atoms with Crippen LogP contribution in [0.2, 0.25) is 0 Å². The second-order valence-corrected chi connectivity index (χ2v) is 8.22. The summed E-state index contributed by atoms with van der Waals surface area (Å²) in [6.45, 7) is 4.66. The zero-order valence-electron chi connectivity index (χ0n) is 12.9. The highest BCUT2D eigenvalue weighted by Crippen LogP contribution is 2.30. The van der Waals surface area contributed by atoms with E-state index in [1.54, 1.807) is 12.1 Å². The van der Waals surface area contributed by atoms with Gasteiger partial charge in [-0.25, -0.2) is 13.1 Å². The van der Waals surface area contributed by atoms with E-state index < -0.39 is 15.6 Å². The molecule has 1 aliphatic carbocycles. The first-order valence-corrected chi connectivity index (χ1v) is 9.18. The van der Waals surface area contributed by atoms with E-state index in [1.807, 2.05) is 12.1 Å². The normalized spacial score (nSPS) is 18.3. The van der Waals surface area contributed by atoms with Gasteiger partial charge in [0.1, 0.15) is 0 Å². The molecule has 0 saturated heterocycles. The molecule has 2 rings (SSSR count). The molecule has 1 aromatic rings. The molecule has 0 atom stereocenters. The zero-order valence-corrected chi connectivity index (χ0v) is 13.7. The Hall–Kier alpha value is -0.910. The van der Waals surface area contributed by atoms with Crippen LogP contribution in [0, 0.1) is 5.92 Å². The highest BCUT2D eigenvalue weighted by molar-refractivity contribution is 7.89. The number of hydrogen-bond donors (Lipinski definition) is 2. The van der Waals surface area contributed by atoms with Gasteiger partial charge in [-0.05, 0) is 42.9 Å². The maximum atomic E-state index is 12.5. The molecule has 0 unspecified atom stereocenters. The third-order valence-electron chi connectivity index (χ3n) is 4.18. The van der Waals surface area contributed by atoms with Gasteiger partial charge >= 0.3 is 0 Å². The summed E-state index contributed by atoms with van der Waals surface area (Å²) in [5.74, 6) is 0.560. The standard InChI is InChI=1S/C16H26N2O2S/c1-13(2)11-14-5-7-15(8-6-14)21(19,20)18-16(12-17)9-3-4-10-16/h5-8,13,18H,3-4,9-12,17H2,1-2H3. The Balaban J connectivity index is 2.15. The van der Waals surface area contributed by atoms with Crippen molar-refractivity contribution in [2.45, 2.75) is 56.4 Å². The molecule has 21 heavy (non-hydrogen) atoms. The molecule has 1 aliphatic rings. The van der Waals surface area contributed by atoms with E-state index in [0.717, 1.165) is 32.1 Å². The van der Waals surface area contributed by atoms with Gasteiger partial charge in [0.05, 0.1) is 4.90 Å². The Morgan fingerprint density at radius 2 is 1.76 bits per heavy atom. The van der Waals surface area contributed by atoms with Gasteiger partial charge in [-0.15, -0.1) is 0 Å². The molecule has 1 aromatic carbocycles. The number of sulfonamides is 1. The van der Waals surface area contributed by atoms with Crippen molar-refractivity contribution in [3.63, 3.8) is 0 Å². The van der Waals surface area contributed by atoms with Gasteiger partial charge in [0.15, 0.2) is 0 Å². The lowest BCUT2D eigenvalue weighted by Crippen LogP contribution is -2.51. The van der Waals surface area contributed by atoms with Crippen molar-refractivity contribution in [2.75, 3.05) is 6.54 Å². The molecule has 0 bridgehead atoms. The summed E-state index contributed by atoms with van der Waals surface area (Å²) in [6.07, 6.45) is 4.68. The Bertz CT molecular complexity index is 558. The minimum atomic E-state index is -3.49. The summed E-state index contributed by atoms with van der Waals surface area (Å²) in [6, 6.07) is 7.19. The molecule has 1 fully saturated rings. The molecule has 0 spiro atoms. The first kappa shape index (κ1) is 16.5. The van der Waals surface area contributed by atoms with E-state index in [-0.39, 0.29) is 0 Å². The maximum Gasteiger partial charge on any atom is 0.241 e. The van der Waals surface area contributed by atoms with Crippen LogP contribution in [0.25, 0.3) is 0 Å². The van der Waals surface area contributed by atoms with Gasteiger partial charge in [0.2, 0.25) is 10.0 Å². The minimum absolute atomic E-state index is 0.328. The predicted octanol–water partition coefficient (Wildman–Crippen LogP) is 2.43. The monoisotopic (exact) mass is 310 g/mol. The lowest BCUT2D eigenvalue weighted by molar-refractivity contribution is 0.399. The van der Waals surface area contributed by atoms with Crippen LogP contribution in [-0.4, -0.2) is 20.5 Å². The fourth-order valence-electron chi connectivity index (χ4n) is 3.02. The molecular formula is C16H26N2O2S. The molecule has 0 aromatic heterocycles. The molecule has 118 valence electrons. The van der Waals surface area contributed by atoms with E-state index in [4.69, 9.17) is 5.73 Å². The fraction of sp³-hybridized carbons (Fsp3) is 0.625. The first-order valence-electron chi connectivity index (χ1n) is 7.70. The minimum Gasteiger partial charge on any atom is -0.329 e. The van der Waals surface area contributed by atoms with Crippen LogP contribution >= 0.6 is 0 Å². The van der Waals surface area contributed by atoms with Crippen molar-refractivity contribution in [3.05, 3.63) is 29.8 Å². The quantitative estimate of drug-likeness (QED) is 0.847. The molecule has 0 amide bonds. The zero-order chi connectivity index (χ0) is 15.5. The van der Waals surface area contributed by atoms with Gasteiger partial charge in [0.25, 0.3) is 0 Å². The van der Waals surface area contributed by atoms with E-state index in [2.05, 4.69) is 18.6 Å². The molecule has 5 heteroatoms. The average Bonchev–Trinajstić information content (AvgIpc) is 2.87. The summed E-state index contributed by atoms with van der Waals surface area (Å²) >= 11 is 0. The molecule has 1 saturated carbocycles. The first-order chi connectivity index (χ1) is 9.87. The van der Waals surface area contributed by atoms with Gasteiger partial charge < -0.3 is 5.73 Å². The molecule has 0 heterocycles. The third-order valence-corrected chi connectivity index (χ3v) is 5.77. The SMILES string of the molecule is CC(C)Cc1ccc(S(=O)(=O)NC2(CN)CCCC2)cc1. The number of nitrogens with two attached hydrogens (primary N) is 1. The summed E-state index contributed by atoms with van der Waals surface area (Å²) < 4.78 is 27.9. The van der Waals surface area contributed by atoms with Crippen LogP contribution in [0.15, 0.2) is 29.2 Å². The highest BCUT2D eigenvalue weighted by atomic mass is 32.2. The smallest absolute Gasteiger partial charge is 0.241 e. The Labute approximate surface area is 128 Å². The van der Waals surface area contributed by atoms with Crippen molar-refractivity contribution in [2.24, 2.45) is 11.7 Å². The van der Waals surface area contributed by atoms with Crippen molar-refractivity contribution in [1.29, 1.82) is 0 Å². The van der Waals surface area contributed by atoms with Crippen LogP contribution in [0.1, 0.15) is 45.1 Å². The van der Waals surface area contributed by atoms with E-state index >= 15 is 0 Å². The molecule has 3 N–H and O–H groups in total. The number of benzene rings is 1. The fourth-order valence-corrected chi connectivity index (χ4v) is 4.49. The number of rotatable bonds is 6. The van der Waals surface area contributed by atoms with Crippen LogP contribution in [0.3, 0.4) is 0 Å². The van der Waals surface area contributed by atoms with Crippen LogP contribution < -0.4 is 10.5 Å². The molecule has 0 aliphatic heterocycles. The Morgan fingerprint density at radius 1 is 1.19 bits per heavy atom. The molecular weight excluding hydrogens is 284 g/mol. The summed E-state index contributed by atoms with van der Waals surface area (Å²) in [5, 5.41) is 0. The van der Waals surface area contributed by atoms with Crippen LogP contribution in [0.5, 0.6) is 0 Å². The lowest BCUT2D eigenvalue weighted by atomic mass is 10.0. The maximum absolute atomic E-state index is 12.5. The largest absolute Gasteiger partial charge is 0.329 e. The second-order valence-electron chi connectivity index (χ2n) is 6.54. The van der Waals surface area contributed by atoms with Crippen molar-refractivity contribution in [3.8, 4) is 0 Å². The summed E-state index contributed by atoms with van der Waals surface area (Å²) in [7, 11) is -3.49. The number of hydrogen-bond acceptors (Lipinski definition) is 3. The van der Waals surface area contributed by atoms with E-state index in [0.29, 0.717) is 17.4 Å². The Morgan fingerprint density at radius 3 is 2.24 bits per heavy atom. The van der Waals surface area contributed by atoms with Gasteiger partial charge in [0, 0.05) is 12.1 Å². The third kappa shape index (κ3) is 4.05. The van der Waals surface area contributed by atoms with Crippen LogP contribution in [-0.2, 0) is 16.4 Å². The highest BCUT2D eigenvalue weighted by Gasteiger charge is 2.36. The lowest BCUT2D eigenvalue weighted by Gasteiger charge is -2.28. The van der Waals surface area contributed by atoms with Crippen molar-refractivity contribution >= 4 is 10.0 Å². The van der Waals surface area contributed by atoms with Gasteiger partial charge in [-0.2, -0.15) is 0 Å². The predicted molar refractivity (Wildman–Crippen MR) is 85.6 cm³/mol. The summed E-state index contributed by atoms with van der Waals surface area (Å²) in [5.41, 5.74) is 6.52. The van der Waals surface area contributed by atoms with E-state index in [1.165, 1.54) is 5.56 Å². The second kappa shape index (κ2) is 6.46. The molecule has 0 radical (unpaired) electrons. The van der Waals surface area contributed by atoms with Gasteiger partial charge in [-0.3, -0.25) is 0 Å². The Kier molecular flexibility index (Phi) is 5.07. The van der Waals surface area contributed by atoms with Gasteiger partial charge in [-0.1, -0.05) is 38.8 Å². The van der Waals surface area contributed by atoms with Crippen molar-refractivity contribution in [1.82, 2.24) is 4.72 Å². The average molecular weight is 310 g/mol. The van der Waals surface area contributed by atoms with E-state index in [9.17, 15) is 8.42 Å². The van der Waals surface area contributed by atoms with Crippen molar-refractivity contribution < 1.29 is 8.42 Å². The number of nitrogens with one attached hydrogen (secondary N) is 1. The van der Waals surface area contributed by atoms with Crippen LogP contribution in [0.4, 0.5) is 0 Å².